The van der Waals surface area contributed by atoms with Gasteiger partial charge in [-0.25, -0.2) is 17.5 Å². The number of aliphatic hydroxyl groups is 2. The van der Waals surface area contributed by atoms with Crippen LogP contribution in [0.15, 0.2) is 72.8 Å². The molecule has 0 aliphatic carbocycles. The molecule has 4 rings (SSSR count). The van der Waals surface area contributed by atoms with Gasteiger partial charge in [0.25, 0.3) is 0 Å². The second-order valence-electron chi connectivity index (χ2n) is 13.1. The van der Waals surface area contributed by atoms with Crippen LogP contribution < -0.4 is 9.62 Å². The van der Waals surface area contributed by atoms with Crippen LogP contribution in [-0.4, -0.2) is 68.1 Å². The Hall–Kier alpha value is -4.17. The molecule has 1 saturated heterocycles. The van der Waals surface area contributed by atoms with E-state index in [9.17, 15) is 37.4 Å². The highest BCUT2D eigenvalue weighted by atomic mass is 32.2. The van der Waals surface area contributed by atoms with E-state index in [0.717, 1.165) is 22.9 Å². The van der Waals surface area contributed by atoms with Crippen molar-refractivity contribution in [3.05, 3.63) is 101 Å². The van der Waals surface area contributed by atoms with Crippen molar-refractivity contribution in [2.45, 2.75) is 76.5 Å². The summed E-state index contributed by atoms with van der Waals surface area (Å²) in [5.74, 6) is -1.96. The monoisotopic (exact) mass is 726 g/mol. The number of hydrogen-bond donors (Lipinski definition) is 3. The third kappa shape index (κ3) is 11.2. The van der Waals surface area contributed by atoms with Crippen LogP contribution in [0, 0.1) is 11.7 Å². The molecule has 13 heteroatoms. The second-order valence-corrected chi connectivity index (χ2v) is 14.9. The number of sulfonamides is 1. The van der Waals surface area contributed by atoms with E-state index < -0.39 is 58.6 Å². The second kappa shape index (κ2) is 17.9. The quantitative estimate of drug-likeness (QED) is 0.0904. The maximum atomic E-state index is 13.8. The number of β-lactam (4-membered cyclic amide) rings is 1. The van der Waals surface area contributed by atoms with Crippen LogP contribution in [0.1, 0.15) is 80.4 Å². The molecule has 3 aromatic rings. The summed E-state index contributed by atoms with van der Waals surface area (Å²) in [4.78, 5) is 39.0. The van der Waals surface area contributed by atoms with Gasteiger partial charge in [0.1, 0.15) is 11.9 Å². The van der Waals surface area contributed by atoms with Crippen LogP contribution in [0.4, 0.5) is 10.1 Å². The predicted octanol–water partition coefficient (Wildman–Crippen LogP) is 4.71. The summed E-state index contributed by atoms with van der Waals surface area (Å²) < 4.78 is 49.7. The SMILES string of the molecule is CC(=O)O[C@@H](CC[C@H]1C(=O)N(c2ccc(CCCNS(C)(=O)=O)cc2)[C@@H]1c1ccc(CCCC(CO)(CO)OC(C)=O)cc1)c1ccc(F)cc1. The summed E-state index contributed by atoms with van der Waals surface area (Å²) in [6.45, 7) is 1.89. The zero-order valence-electron chi connectivity index (χ0n) is 29.2. The van der Waals surface area contributed by atoms with Gasteiger partial charge in [-0.3, -0.25) is 14.4 Å². The number of anilines is 1. The summed E-state index contributed by atoms with van der Waals surface area (Å²) in [6, 6.07) is 20.9. The van der Waals surface area contributed by atoms with E-state index in [2.05, 4.69) is 4.72 Å². The molecule has 0 bridgehead atoms. The molecule has 1 aliphatic heterocycles. The van der Waals surface area contributed by atoms with Crippen LogP contribution in [0.25, 0.3) is 0 Å². The Balaban J connectivity index is 1.52. The van der Waals surface area contributed by atoms with Gasteiger partial charge >= 0.3 is 11.9 Å². The normalized spacial score (nSPS) is 16.7. The molecule has 3 atom stereocenters. The highest BCUT2D eigenvalue weighted by molar-refractivity contribution is 7.88. The van der Waals surface area contributed by atoms with Crippen LogP contribution in [-0.2, 0) is 46.7 Å². The number of aryl methyl sites for hydroxylation is 2. The number of benzene rings is 3. The van der Waals surface area contributed by atoms with Crippen molar-refractivity contribution in [3.63, 3.8) is 0 Å². The standard InChI is InChI=1S/C38H47FN2O9S/c1-26(44)49-35(30-14-16-32(39)17-15-30)21-20-34-36(31-12-8-28(9-13-31)6-4-22-38(24-42,25-43)50-27(2)45)41(37(34)46)33-18-10-29(11-19-33)7-5-23-40-51(3,47)48/h8-19,34-36,40,42-43H,4-7,20-25H2,1-3H3/t34-,35+,36-/m1/s1. The summed E-state index contributed by atoms with van der Waals surface area (Å²) in [5, 5.41) is 19.5. The van der Waals surface area contributed by atoms with Gasteiger partial charge in [0.05, 0.1) is 31.4 Å². The van der Waals surface area contributed by atoms with Crippen molar-refractivity contribution >= 4 is 33.6 Å². The minimum absolute atomic E-state index is 0.0790. The van der Waals surface area contributed by atoms with Crippen molar-refractivity contribution in [2.75, 3.05) is 30.9 Å². The number of halogens is 1. The Labute approximate surface area is 298 Å². The molecule has 0 radical (unpaired) electrons. The van der Waals surface area contributed by atoms with Crippen molar-refractivity contribution in [1.82, 2.24) is 4.72 Å². The Morgan fingerprint density at radius 1 is 0.902 bits per heavy atom. The average Bonchev–Trinajstić information content (AvgIpc) is 3.08. The Morgan fingerprint density at radius 2 is 1.49 bits per heavy atom. The first kappa shape index (κ1) is 39.6. The van der Waals surface area contributed by atoms with E-state index in [1.807, 2.05) is 48.5 Å². The van der Waals surface area contributed by atoms with E-state index in [-0.39, 0.29) is 18.4 Å². The molecule has 1 aliphatic rings. The van der Waals surface area contributed by atoms with E-state index in [0.29, 0.717) is 56.3 Å². The molecule has 51 heavy (non-hydrogen) atoms. The molecule has 1 heterocycles. The first-order valence-corrected chi connectivity index (χ1v) is 18.9. The van der Waals surface area contributed by atoms with Crippen LogP contribution in [0.3, 0.4) is 0 Å². The number of aliphatic hydroxyl groups excluding tert-OH is 2. The van der Waals surface area contributed by atoms with Gasteiger partial charge in [-0.1, -0.05) is 48.5 Å². The van der Waals surface area contributed by atoms with Crippen molar-refractivity contribution in [1.29, 1.82) is 0 Å². The summed E-state index contributed by atoms with van der Waals surface area (Å²) in [7, 11) is -3.26. The van der Waals surface area contributed by atoms with Gasteiger partial charge in [-0.05, 0) is 91.5 Å². The van der Waals surface area contributed by atoms with E-state index in [4.69, 9.17) is 9.47 Å². The molecule has 3 aromatic carbocycles. The predicted molar refractivity (Wildman–Crippen MR) is 190 cm³/mol. The topological polar surface area (TPSA) is 160 Å². The van der Waals surface area contributed by atoms with E-state index in [1.54, 1.807) is 17.0 Å². The smallest absolute Gasteiger partial charge is 0.303 e. The number of nitrogens with one attached hydrogen (secondary N) is 1. The lowest BCUT2D eigenvalue weighted by molar-refractivity contribution is -0.168. The Morgan fingerprint density at radius 3 is 2.04 bits per heavy atom. The zero-order chi connectivity index (χ0) is 37.2. The highest BCUT2D eigenvalue weighted by Gasteiger charge is 2.48. The fraction of sp³-hybridized carbons (Fsp3) is 0.447. The van der Waals surface area contributed by atoms with Crippen molar-refractivity contribution in [3.8, 4) is 0 Å². The number of hydrogen-bond acceptors (Lipinski definition) is 9. The summed E-state index contributed by atoms with van der Waals surface area (Å²) in [5.41, 5.74) is 2.91. The van der Waals surface area contributed by atoms with Crippen LogP contribution >= 0.6 is 0 Å². The number of carbonyl (C=O) groups excluding carboxylic acids is 3. The van der Waals surface area contributed by atoms with Crippen molar-refractivity contribution < 1.29 is 46.9 Å². The Bertz CT molecular complexity index is 1730. The Kier molecular flexibility index (Phi) is 13.9. The lowest BCUT2D eigenvalue weighted by atomic mass is 9.78. The number of esters is 2. The van der Waals surface area contributed by atoms with Crippen molar-refractivity contribution in [2.24, 2.45) is 5.92 Å². The van der Waals surface area contributed by atoms with E-state index in [1.165, 1.54) is 26.0 Å². The zero-order valence-corrected chi connectivity index (χ0v) is 30.0. The molecule has 1 amide bonds. The lowest BCUT2D eigenvalue weighted by Gasteiger charge is -2.48. The third-order valence-electron chi connectivity index (χ3n) is 9.08. The summed E-state index contributed by atoms with van der Waals surface area (Å²) in [6.07, 6.45) is 3.92. The van der Waals surface area contributed by atoms with Gasteiger partial charge in [0.15, 0.2) is 5.60 Å². The maximum Gasteiger partial charge on any atom is 0.303 e. The lowest BCUT2D eigenvalue weighted by Crippen LogP contribution is -2.55. The molecule has 0 spiro atoms. The molecular weight excluding hydrogens is 679 g/mol. The number of ether oxygens (including phenoxy) is 2. The number of amides is 1. The van der Waals surface area contributed by atoms with Crippen LogP contribution in [0.5, 0.6) is 0 Å². The first-order chi connectivity index (χ1) is 24.2. The van der Waals surface area contributed by atoms with Gasteiger partial charge in [0.2, 0.25) is 15.9 Å². The number of rotatable bonds is 19. The largest absolute Gasteiger partial charge is 0.458 e. The van der Waals surface area contributed by atoms with E-state index >= 15 is 0 Å². The minimum atomic E-state index is -3.26. The third-order valence-corrected chi connectivity index (χ3v) is 9.81. The molecule has 0 aromatic heterocycles. The van der Waals surface area contributed by atoms with Gasteiger partial charge in [0, 0.05) is 26.1 Å². The summed E-state index contributed by atoms with van der Waals surface area (Å²) >= 11 is 0. The minimum Gasteiger partial charge on any atom is -0.458 e. The molecule has 11 nitrogen and oxygen atoms in total. The molecule has 1 fully saturated rings. The number of nitrogens with zero attached hydrogens (tertiary/aromatic N) is 1. The van der Waals surface area contributed by atoms with Gasteiger partial charge < -0.3 is 24.6 Å². The van der Waals surface area contributed by atoms with Gasteiger partial charge in [-0.15, -0.1) is 0 Å². The number of carbonyl (C=O) groups is 3. The maximum absolute atomic E-state index is 13.8. The highest BCUT2D eigenvalue weighted by Crippen LogP contribution is 2.46. The molecule has 0 unspecified atom stereocenters. The molecular formula is C38H47FN2O9S. The average molecular weight is 727 g/mol. The molecule has 3 N–H and O–H groups in total. The van der Waals surface area contributed by atoms with Gasteiger partial charge in [-0.2, -0.15) is 0 Å². The fourth-order valence-corrected chi connectivity index (χ4v) is 7.01. The first-order valence-electron chi connectivity index (χ1n) is 17.0. The molecule has 0 saturated carbocycles. The van der Waals surface area contributed by atoms with Crippen LogP contribution in [0.2, 0.25) is 0 Å². The fourth-order valence-electron chi connectivity index (χ4n) is 6.50. The molecule has 276 valence electrons.